The molecule has 1 N–H and O–H groups in total. The van der Waals surface area contributed by atoms with Crippen molar-refractivity contribution < 1.29 is 23.9 Å². The van der Waals surface area contributed by atoms with Crippen LogP contribution in [0.25, 0.3) is 0 Å². The summed E-state index contributed by atoms with van der Waals surface area (Å²) in [5, 5.41) is 4.19. The summed E-state index contributed by atoms with van der Waals surface area (Å²) in [7, 11) is 1.43. The van der Waals surface area contributed by atoms with E-state index in [1.54, 1.807) is 4.90 Å². The summed E-state index contributed by atoms with van der Waals surface area (Å²) in [5.74, 6) is 0.570. The molecule has 0 bridgehead atoms. The van der Waals surface area contributed by atoms with Crippen LogP contribution in [0.2, 0.25) is 0 Å². The zero-order chi connectivity index (χ0) is 26.2. The predicted molar refractivity (Wildman–Crippen MR) is 141 cm³/mol. The monoisotopic (exact) mass is 527 g/mol. The van der Waals surface area contributed by atoms with Crippen LogP contribution in [0.1, 0.15) is 83.2 Å². The van der Waals surface area contributed by atoms with Crippen LogP contribution in [0, 0.1) is 12.8 Å². The number of methoxy groups -OCH3 is 1. The van der Waals surface area contributed by atoms with Gasteiger partial charge >= 0.3 is 12.1 Å². The van der Waals surface area contributed by atoms with Gasteiger partial charge in [-0.25, -0.2) is 9.78 Å². The van der Waals surface area contributed by atoms with Crippen LogP contribution in [-0.2, 0) is 20.9 Å². The molecular formula is C28H37N3O5S. The second-order valence-corrected chi connectivity index (χ2v) is 11.1. The predicted octanol–water partition coefficient (Wildman–Crippen LogP) is 5.21. The molecule has 0 atom stereocenters. The van der Waals surface area contributed by atoms with Crippen molar-refractivity contribution in [3.63, 3.8) is 0 Å². The summed E-state index contributed by atoms with van der Waals surface area (Å²) in [5.41, 5.74) is 1.75. The number of carbonyl (C=O) groups excluding carboxylic acids is 3. The lowest BCUT2D eigenvalue weighted by Crippen LogP contribution is -2.38. The number of likely N-dealkylation sites (tertiary alicyclic amines) is 1. The first-order valence-electron chi connectivity index (χ1n) is 13.2. The first-order chi connectivity index (χ1) is 17.9. The van der Waals surface area contributed by atoms with Crippen LogP contribution in [0.15, 0.2) is 30.3 Å². The number of hydrogen-bond acceptors (Lipinski definition) is 7. The van der Waals surface area contributed by atoms with Crippen LogP contribution in [0.4, 0.5) is 4.79 Å². The van der Waals surface area contributed by atoms with Gasteiger partial charge in [-0.1, -0.05) is 30.3 Å². The average molecular weight is 528 g/mol. The normalized spacial score (nSPS) is 20.3. The Morgan fingerprint density at radius 2 is 1.76 bits per heavy atom. The van der Waals surface area contributed by atoms with Gasteiger partial charge in [0.25, 0.3) is 5.91 Å². The highest BCUT2D eigenvalue weighted by Gasteiger charge is 2.29. The summed E-state index contributed by atoms with van der Waals surface area (Å²) in [6.07, 6.45) is 6.56. The van der Waals surface area contributed by atoms with E-state index in [1.165, 1.54) is 18.4 Å². The third-order valence-electron chi connectivity index (χ3n) is 7.49. The highest BCUT2D eigenvalue weighted by Crippen LogP contribution is 2.33. The molecule has 8 nitrogen and oxygen atoms in total. The number of thiazole rings is 1. The Kier molecular flexibility index (Phi) is 9.55. The Labute approximate surface area is 222 Å². The van der Waals surface area contributed by atoms with Gasteiger partial charge in [0.2, 0.25) is 0 Å². The summed E-state index contributed by atoms with van der Waals surface area (Å²) in [6.45, 7) is 3.42. The minimum Gasteiger partial charge on any atom is -0.469 e. The van der Waals surface area contributed by atoms with Gasteiger partial charge in [-0.15, -0.1) is 11.3 Å². The SMILES string of the molecule is COC(=O)CC[C@H]1CC[C@H](NC(=O)c2sc(C3CCN(C(=O)OCc4ccccc4)CC3)nc2C)CC1. The molecule has 9 heteroatoms. The molecule has 2 heterocycles. The summed E-state index contributed by atoms with van der Waals surface area (Å²) >= 11 is 1.49. The second-order valence-electron chi connectivity index (χ2n) is 10.1. The second kappa shape index (κ2) is 13.0. The maximum absolute atomic E-state index is 13.0. The van der Waals surface area contributed by atoms with E-state index >= 15 is 0 Å². The van der Waals surface area contributed by atoms with E-state index in [0.29, 0.717) is 30.3 Å². The Hall–Kier alpha value is -2.94. The van der Waals surface area contributed by atoms with E-state index in [0.717, 1.165) is 61.2 Å². The molecule has 0 unspecified atom stereocenters. The molecule has 200 valence electrons. The van der Waals surface area contributed by atoms with Gasteiger partial charge in [-0.05, 0) is 63.4 Å². The fourth-order valence-corrected chi connectivity index (χ4v) is 6.33. The van der Waals surface area contributed by atoms with Crippen molar-refractivity contribution in [2.24, 2.45) is 5.92 Å². The fourth-order valence-electron chi connectivity index (χ4n) is 5.19. The van der Waals surface area contributed by atoms with Gasteiger partial charge in [0, 0.05) is 31.5 Å². The molecule has 2 amide bonds. The Balaban J connectivity index is 1.22. The number of aromatic nitrogens is 1. The molecule has 2 aromatic rings. The fraction of sp³-hybridized carbons (Fsp3) is 0.571. The molecule has 37 heavy (non-hydrogen) atoms. The molecule has 0 radical (unpaired) electrons. The highest BCUT2D eigenvalue weighted by atomic mass is 32.1. The Morgan fingerprint density at radius 1 is 1.05 bits per heavy atom. The Bertz CT molecular complexity index is 1060. The molecule has 2 aliphatic rings. The highest BCUT2D eigenvalue weighted by molar-refractivity contribution is 7.13. The van der Waals surface area contributed by atoms with Crippen LogP contribution in [0.5, 0.6) is 0 Å². The third-order valence-corrected chi connectivity index (χ3v) is 8.81. The number of piperidine rings is 1. The van der Waals surface area contributed by atoms with E-state index in [9.17, 15) is 14.4 Å². The molecule has 0 spiro atoms. The minimum absolute atomic E-state index is 0.0406. The smallest absolute Gasteiger partial charge is 0.410 e. The van der Waals surface area contributed by atoms with Crippen LogP contribution in [0.3, 0.4) is 0 Å². The standard InChI is InChI=1S/C28H37N3O5S/c1-19-25(26(33)30-23-11-8-20(9-12-23)10-13-24(32)35-2)37-27(29-19)22-14-16-31(17-15-22)28(34)36-18-21-6-4-3-5-7-21/h3-7,20,22-23H,8-18H2,1-2H3,(H,30,33)/t20-,23-. The maximum atomic E-state index is 13.0. The van der Waals surface area contributed by atoms with Crippen molar-refractivity contribution in [1.82, 2.24) is 15.2 Å². The van der Waals surface area contributed by atoms with Crippen LogP contribution in [-0.4, -0.2) is 54.1 Å². The molecule has 1 aromatic carbocycles. The van der Waals surface area contributed by atoms with Gasteiger partial charge in [-0.3, -0.25) is 9.59 Å². The van der Waals surface area contributed by atoms with Gasteiger partial charge in [0.05, 0.1) is 17.8 Å². The van der Waals surface area contributed by atoms with Crippen molar-refractivity contribution in [2.75, 3.05) is 20.2 Å². The molecule has 1 aromatic heterocycles. The lowest BCUT2D eigenvalue weighted by Gasteiger charge is -2.30. The summed E-state index contributed by atoms with van der Waals surface area (Å²) in [6, 6.07) is 9.84. The third kappa shape index (κ3) is 7.53. The number of ether oxygens (including phenoxy) is 2. The van der Waals surface area contributed by atoms with Gasteiger partial charge in [-0.2, -0.15) is 0 Å². The molecule has 1 saturated heterocycles. The number of benzene rings is 1. The van der Waals surface area contributed by atoms with Crippen molar-refractivity contribution in [3.8, 4) is 0 Å². The van der Waals surface area contributed by atoms with Crippen LogP contribution >= 0.6 is 11.3 Å². The number of hydrogen-bond donors (Lipinski definition) is 1. The maximum Gasteiger partial charge on any atom is 0.410 e. The van der Waals surface area contributed by atoms with E-state index in [1.807, 2.05) is 37.3 Å². The topological polar surface area (TPSA) is 97.8 Å². The van der Waals surface area contributed by atoms with Crippen molar-refractivity contribution >= 4 is 29.3 Å². The molecule has 2 fully saturated rings. The minimum atomic E-state index is -0.280. The molecule has 1 saturated carbocycles. The average Bonchev–Trinajstić information content (AvgIpc) is 3.33. The lowest BCUT2D eigenvalue weighted by atomic mass is 9.83. The summed E-state index contributed by atoms with van der Waals surface area (Å²) in [4.78, 5) is 44.1. The lowest BCUT2D eigenvalue weighted by molar-refractivity contribution is -0.141. The number of nitrogens with zero attached hydrogens (tertiary/aromatic N) is 2. The van der Waals surface area contributed by atoms with E-state index in [4.69, 9.17) is 14.5 Å². The number of nitrogens with one attached hydrogen (secondary N) is 1. The van der Waals surface area contributed by atoms with Gasteiger partial charge in [0.15, 0.2) is 0 Å². The van der Waals surface area contributed by atoms with Gasteiger partial charge in [0.1, 0.15) is 11.5 Å². The largest absolute Gasteiger partial charge is 0.469 e. The van der Waals surface area contributed by atoms with Crippen molar-refractivity contribution in [1.29, 1.82) is 0 Å². The van der Waals surface area contributed by atoms with E-state index < -0.39 is 0 Å². The van der Waals surface area contributed by atoms with E-state index in [-0.39, 0.29) is 36.5 Å². The number of aryl methyl sites for hydroxylation is 1. The molecule has 1 aliphatic heterocycles. The van der Waals surface area contributed by atoms with Crippen molar-refractivity contribution in [2.45, 2.75) is 76.9 Å². The zero-order valence-electron chi connectivity index (χ0n) is 21.7. The first-order valence-corrected chi connectivity index (χ1v) is 14.0. The molecule has 4 rings (SSSR count). The number of rotatable bonds is 8. The summed E-state index contributed by atoms with van der Waals surface area (Å²) < 4.78 is 10.2. The van der Waals surface area contributed by atoms with Gasteiger partial charge < -0.3 is 19.7 Å². The van der Waals surface area contributed by atoms with Crippen LogP contribution < -0.4 is 5.32 Å². The van der Waals surface area contributed by atoms with Crippen molar-refractivity contribution in [3.05, 3.63) is 51.5 Å². The number of carbonyl (C=O) groups is 3. The number of amides is 2. The Morgan fingerprint density at radius 3 is 2.43 bits per heavy atom. The number of esters is 1. The molecule has 1 aliphatic carbocycles. The van der Waals surface area contributed by atoms with E-state index in [2.05, 4.69) is 5.32 Å². The molecular weight excluding hydrogens is 490 g/mol. The quantitative estimate of drug-likeness (QED) is 0.474. The zero-order valence-corrected chi connectivity index (χ0v) is 22.6. The first kappa shape index (κ1) is 27.1.